The zero-order chi connectivity index (χ0) is 19.4. The summed E-state index contributed by atoms with van der Waals surface area (Å²) in [5.74, 6) is 0.597. The van der Waals surface area contributed by atoms with Crippen LogP contribution in [0.15, 0.2) is 18.2 Å². The second-order valence-electron chi connectivity index (χ2n) is 6.23. The lowest BCUT2D eigenvalue weighted by molar-refractivity contribution is -0.145. The summed E-state index contributed by atoms with van der Waals surface area (Å²) in [5, 5.41) is 10.1. The Morgan fingerprint density at radius 2 is 1.92 bits per heavy atom. The normalized spacial score (nSPS) is 12.0. The van der Waals surface area contributed by atoms with E-state index >= 15 is 0 Å². The quantitative estimate of drug-likeness (QED) is 0.298. The van der Waals surface area contributed by atoms with Gasteiger partial charge in [-0.1, -0.05) is 32.3 Å². The third-order valence-electron chi connectivity index (χ3n) is 4.09. The van der Waals surface area contributed by atoms with E-state index in [2.05, 4.69) is 6.92 Å². The first kappa shape index (κ1) is 22.9. The van der Waals surface area contributed by atoms with Crippen molar-refractivity contribution in [2.75, 3.05) is 36.4 Å². The van der Waals surface area contributed by atoms with Crippen LogP contribution in [-0.4, -0.2) is 48.6 Å². The minimum Gasteiger partial charge on any atom is -0.506 e. The molecule has 0 radical (unpaired) electrons. The monoisotopic (exact) mass is 404 g/mol. The highest BCUT2D eigenvalue weighted by Gasteiger charge is 2.18. The Balaban J connectivity index is 2.65. The molecule has 0 aromatic heterocycles. The molecule has 0 saturated heterocycles. The van der Waals surface area contributed by atoms with Crippen molar-refractivity contribution in [3.8, 4) is 5.75 Å². The smallest absolute Gasteiger partial charge is 0.323 e. The van der Waals surface area contributed by atoms with Crippen molar-refractivity contribution in [2.45, 2.75) is 45.1 Å². The number of halogens is 2. The van der Waals surface area contributed by atoms with Gasteiger partial charge in [0.15, 0.2) is 0 Å². The number of benzene rings is 1. The number of carbonyl (C=O) groups is 1. The largest absolute Gasteiger partial charge is 0.506 e. The first-order valence-electron chi connectivity index (χ1n) is 9.14. The van der Waals surface area contributed by atoms with E-state index in [1.807, 2.05) is 11.0 Å². The molecule has 0 amide bonds. The molecule has 1 rings (SSSR count). The first-order chi connectivity index (χ1) is 12.5. The number of phenols is 1. The summed E-state index contributed by atoms with van der Waals surface area (Å²) in [5.41, 5.74) is 7.47. The van der Waals surface area contributed by atoms with Crippen molar-refractivity contribution in [2.24, 2.45) is 5.73 Å². The summed E-state index contributed by atoms with van der Waals surface area (Å²) >= 11 is 11.7. The number of phenolic OH excluding ortho intramolecular Hbond substituents is 1. The Bertz CT molecular complexity index is 538. The van der Waals surface area contributed by atoms with Gasteiger partial charge in [0, 0.05) is 24.8 Å². The fourth-order valence-corrected chi connectivity index (χ4v) is 3.06. The predicted molar refractivity (Wildman–Crippen MR) is 109 cm³/mol. The maximum Gasteiger partial charge on any atom is 0.323 e. The molecule has 0 unspecified atom stereocenters. The molecule has 0 fully saturated rings. The summed E-state index contributed by atoms with van der Waals surface area (Å²) in [6, 6.07) is 4.45. The fraction of sp³-hybridized carbons (Fsp3) is 0.632. The van der Waals surface area contributed by atoms with Crippen molar-refractivity contribution in [1.29, 1.82) is 0 Å². The van der Waals surface area contributed by atoms with Gasteiger partial charge in [0.25, 0.3) is 0 Å². The van der Waals surface area contributed by atoms with Gasteiger partial charge in [-0.2, -0.15) is 0 Å². The lowest BCUT2D eigenvalue weighted by atomic mass is 10.0. The average molecular weight is 405 g/mol. The van der Waals surface area contributed by atoms with Crippen LogP contribution in [0.2, 0.25) is 0 Å². The third-order valence-corrected chi connectivity index (χ3v) is 4.43. The molecule has 0 saturated carbocycles. The lowest BCUT2D eigenvalue weighted by Crippen LogP contribution is -2.34. The van der Waals surface area contributed by atoms with Crippen molar-refractivity contribution in [3.63, 3.8) is 0 Å². The van der Waals surface area contributed by atoms with Crippen LogP contribution < -0.4 is 10.6 Å². The third kappa shape index (κ3) is 8.02. The average Bonchev–Trinajstić information content (AvgIpc) is 2.62. The van der Waals surface area contributed by atoms with E-state index in [1.165, 1.54) is 0 Å². The molecule has 26 heavy (non-hydrogen) atoms. The van der Waals surface area contributed by atoms with E-state index < -0.39 is 12.0 Å². The van der Waals surface area contributed by atoms with Crippen LogP contribution in [0, 0.1) is 0 Å². The van der Waals surface area contributed by atoms with Crippen LogP contribution in [0.1, 0.15) is 38.2 Å². The van der Waals surface area contributed by atoms with Gasteiger partial charge in [0.05, 0.1) is 12.3 Å². The maximum absolute atomic E-state index is 12.0. The SMILES string of the molecule is CCCCCCOC(=O)[C@@H](N)Cc1ccc(O)c(N(CCCl)CCCl)c1. The van der Waals surface area contributed by atoms with Gasteiger partial charge in [-0.15, -0.1) is 23.2 Å². The highest BCUT2D eigenvalue weighted by Crippen LogP contribution is 2.29. The number of esters is 1. The van der Waals surface area contributed by atoms with Crippen molar-refractivity contribution < 1.29 is 14.6 Å². The van der Waals surface area contributed by atoms with E-state index in [0.29, 0.717) is 43.6 Å². The zero-order valence-electron chi connectivity index (χ0n) is 15.4. The molecule has 0 aliphatic carbocycles. The zero-order valence-corrected chi connectivity index (χ0v) is 16.9. The Morgan fingerprint density at radius 1 is 1.23 bits per heavy atom. The molecule has 7 heteroatoms. The Morgan fingerprint density at radius 3 is 2.54 bits per heavy atom. The number of aromatic hydroxyl groups is 1. The Hall–Kier alpha value is -1.17. The molecule has 1 aromatic carbocycles. The minimum absolute atomic E-state index is 0.149. The summed E-state index contributed by atoms with van der Waals surface area (Å²) in [6.45, 7) is 3.68. The van der Waals surface area contributed by atoms with Crippen LogP contribution in [0.5, 0.6) is 5.75 Å². The molecule has 5 nitrogen and oxygen atoms in total. The van der Waals surface area contributed by atoms with Gasteiger partial charge in [0.2, 0.25) is 0 Å². The van der Waals surface area contributed by atoms with Crippen LogP contribution in [0.3, 0.4) is 0 Å². The molecule has 0 aliphatic heterocycles. The number of ether oxygens (including phenoxy) is 1. The summed E-state index contributed by atoms with van der Waals surface area (Å²) in [4.78, 5) is 13.9. The number of hydrogen-bond acceptors (Lipinski definition) is 5. The standard InChI is InChI=1S/C19H30Cl2N2O3/c1-2-3-4-5-12-26-19(25)16(22)13-15-6-7-18(24)17(14-15)23(10-8-20)11-9-21/h6-7,14,16,24H,2-5,8-13,22H2,1H3/t16-/m0/s1. The topological polar surface area (TPSA) is 75.8 Å². The minimum atomic E-state index is -0.729. The Labute approximate surface area is 166 Å². The van der Waals surface area contributed by atoms with Crippen LogP contribution in [0.4, 0.5) is 5.69 Å². The molecular formula is C19H30Cl2N2O3. The van der Waals surface area contributed by atoms with Gasteiger partial charge in [-0.3, -0.25) is 4.79 Å². The fourth-order valence-electron chi connectivity index (χ4n) is 2.65. The summed E-state index contributed by atoms with van der Waals surface area (Å²) < 4.78 is 5.24. The number of nitrogens with zero attached hydrogens (tertiary/aromatic N) is 1. The summed E-state index contributed by atoms with van der Waals surface area (Å²) in [6.07, 6.45) is 4.54. The predicted octanol–water partition coefficient (Wildman–Crippen LogP) is 3.67. The number of unbranched alkanes of at least 4 members (excludes halogenated alkanes) is 3. The molecule has 1 aromatic rings. The van der Waals surface area contributed by atoms with Crippen molar-refractivity contribution in [1.82, 2.24) is 0 Å². The van der Waals surface area contributed by atoms with Gasteiger partial charge >= 0.3 is 5.97 Å². The van der Waals surface area contributed by atoms with Crippen molar-refractivity contribution in [3.05, 3.63) is 23.8 Å². The molecule has 0 spiro atoms. The highest BCUT2D eigenvalue weighted by atomic mass is 35.5. The van der Waals surface area contributed by atoms with E-state index in [4.69, 9.17) is 33.7 Å². The molecule has 3 N–H and O–H groups in total. The number of carbonyl (C=O) groups excluding carboxylic acids is 1. The number of hydrogen-bond donors (Lipinski definition) is 2. The summed E-state index contributed by atoms with van der Waals surface area (Å²) in [7, 11) is 0. The number of anilines is 1. The van der Waals surface area contributed by atoms with E-state index in [-0.39, 0.29) is 5.75 Å². The highest BCUT2D eigenvalue weighted by molar-refractivity contribution is 6.18. The van der Waals surface area contributed by atoms with E-state index in [9.17, 15) is 9.90 Å². The number of nitrogens with two attached hydrogens (primary N) is 1. The van der Waals surface area contributed by atoms with Crippen LogP contribution in [-0.2, 0) is 16.0 Å². The molecule has 0 aliphatic rings. The molecule has 0 bridgehead atoms. The van der Waals surface area contributed by atoms with Crippen LogP contribution in [0.25, 0.3) is 0 Å². The lowest BCUT2D eigenvalue weighted by Gasteiger charge is -2.24. The van der Waals surface area contributed by atoms with E-state index in [1.54, 1.807) is 12.1 Å². The second-order valence-corrected chi connectivity index (χ2v) is 6.98. The number of alkyl halides is 2. The molecule has 148 valence electrons. The van der Waals surface area contributed by atoms with Gasteiger partial charge < -0.3 is 20.5 Å². The van der Waals surface area contributed by atoms with Gasteiger partial charge in [0.1, 0.15) is 11.8 Å². The Kier molecular flexibility index (Phi) is 11.5. The van der Waals surface area contributed by atoms with Gasteiger partial charge in [-0.05, 0) is 30.5 Å². The second kappa shape index (κ2) is 13.1. The molecule has 1 atom stereocenters. The molecular weight excluding hydrogens is 375 g/mol. The maximum atomic E-state index is 12.0. The van der Waals surface area contributed by atoms with Crippen LogP contribution >= 0.6 is 23.2 Å². The first-order valence-corrected chi connectivity index (χ1v) is 10.2. The number of rotatable bonds is 13. The van der Waals surface area contributed by atoms with Crippen molar-refractivity contribution >= 4 is 34.9 Å². The molecule has 0 heterocycles. The van der Waals surface area contributed by atoms with Gasteiger partial charge in [-0.25, -0.2) is 0 Å². The van der Waals surface area contributed by atoms with E-state index in [0.717, 1.165) is 31.2 Å².